The van der Waals surface area contributed by atoms with Gasteiger partial charge in [-0.05, 0) is 56.8 Å². The average Bonchev–Trinajstić information content (AvgIpc) is 3.45. The van der Waals surface area contributed by atoms with E-state index in [-0.39, 0.29) is 42.8 Å². The molecule has 2 aliphatic carbocycles. The van der Waals surface area contributed by atoms with Crippen LogP contribution in [0.4, 0.5) is 0 Å². The topological polar surface area (TPSA) is 89.5 Å². The summed E-state index contributed by atoms with van der Waals surface area (Å²) < 4.78 is 35.2. The maximum absolute atomic E-state index is 11.7. The summed E-state index contributed by atoms with van der Waals surface area (Å²) in [5, 5.41) is 0. The van der Waals surface area contributed by atoms with Crippen LogP contribution in [0, 0.1) is 17.3 Å². The molecule has 2 heterocycles. The number of esters is 2. The molecule has 2 aliphatic heterocycles. The third-order valence-corrected chi connectivity index (χ3v) is 8.92. The minimum atomic E-state index is -0.544. The molecule has 2 saturated heterocycles. The first-order valence-corrected chi connectivity index (χ1v) is 13.7. The van der Waals surface area contributed by atoms with Crippen LogP contribution in [-0.4, -0.2) is 62.1 Å². The molecule has 4 rings (SSSR count). The lowest BCUT2D eigenvalue weighted by Crippen LogP contribution is -2.45. The fourth-order valence-corrected chi connectivity index (χ4v) is 6.44. The zero-order chi connectivity index (χ0) is 26.8. The molecule has 208 valence electrons. The SMILES string of the molecule is C=C(C)C(=O)OCC1COC2(CCC(C(C)(C)C3CCC4(CC3)OCC(COC(=O)C(=C)C)O4)CC2)O1. The Balaban J connectivity index is 1.22. The Morgan fingerprint density at radius 1 is 0.757 bits per heavy atom. The van der Waals surface area contributed by atoms with Crippen LogP contribution in [0.1, 0.15) is 79.1 Å². The fourth-order valence-electron chi connectivity index (χ4n) is 6.44. The van der Waals surface area contributed by atoms with Crippen LogP contribution in [0.15, 0.2) is 24.3 Å². The van der Waals surface area contributed by atoms with E-state index in [4.69, 9.17) is 28.4 Å². The van der Waals surface area contributed by atoms with Gasteiger partial charge in [0.1, 0.15) is 25.4 Å². The molecule has 0 aromatic rings. The predicted molar refractivity (Wildman–Crippen MR) is 136 cm³/mol. The molecule has 2 saturated carbocycles. The van der Waals surface area contributed by atoms with E-state index in [1.165, 1.54) is 0 Å². The predicted octanol–water partition coefficient (Wildman–Crippen LogP) is 4.86. The standard InChI is InChI=1S/C29H44O8/c1-19(2)25(30)32-15-23-17-34-28(36-23)11-7-21(8-12-28)27(5,6)22-9-13-29(14-10-22)35-18-24(37-29)16-33-26(31)20(3)4/h21-24H,1,3,7-18H2,2,4-6H3. The van der Waals surface area contributed by atoms with E-state index in [2.05, 4.69) is 27.0 Å². The molecule has 8 heteroatoms. The van der Waals surface area contributed by atoms with E-state index < -0.39 is 11.6 Å². The summed E-state index contributed by atoms with van der Waals surface area (Å²) in [5.41, 5.74) is 0.965. The number of ether oxygens (including phenoxy) is 6. The summed E-state index contributed by atoms with van der Waals surface area (Å²) >= 11 is 0. The van der Waals surface area contributed by atoms with Gasteiger partial charge < -0.3 is 28.4 Å². The highest BCUT2D eigenvalue weighted by Gasteiger charge is 2.51. The summed E-state index contributed by atoms with van der Waals surface area (Å²) in [7, 11) is 0. The van der Waals surface area contributed by atoms with Crippen molar-refractivity contribution in [2.45, 2.75) is 103 Å². The van der Waals surface area contributed by atoms with Gasteiger partial charge in [-0.2, -0.15) is 0 Å². The van der Waals surface area contributed by atoms with Gasteiger partial charge in [-0.25, -0.2) is 9.59 Å². The van der Waals surface area contributed by atoms with Gasteiger partial charge in [-0.1, -0.05) is 27.0 Å². The van der Waals surface area contributed by atoms with Crippen molar-refractivity contribution in [3.05, 3.63) is 24.3 Å². The van der Waals surface area contributed by atoms with Gasteiger partial charge >= 0.3 is 11.9 Å². The lowest BCUT2D eigenvalue weighted by Gasteiger charge is -2.49. The molecule has 0 bridgehead atoms. The molecule has 2 spiro atoms. The number of carbonyl (C=O) groups excluding carboxylic acids is 2. The molecule has 0 N–H and O–H groups in total. The third-order valence-electron chi connectivity index (χ3n) is 8.92. The van der Waals surface area contributed by atoms with E-state index in [9.17, 15) is 9.59 Å². The first-order valence-electron chi connectivity index (χ1n) is 13.7. The van der Waals surface area contributed by atoms with Gasteiger partial charge in [-0.3, -0.25) is 0 Å². The number of hydrogen-bond acceptors (Lipinski definition) is 8. The van der Waals surface area contributed by atoms with Crippen molar-refractivity contribution in [3.63, 3.8) is 0 Å². The lowest BCUT2D eigenvalue weighted by molar-refractivity contribution is -0.212. The van der Waals surface area contributed by atoms with Crippen LogP contribution in [-0.2, 0) is 38.0 Å². The molecular formula is C29H44O8. The van der Waals surface area contributed by atoms with Crippen molar-refractivity contribution in [1.82, 2.24) is 0 Å². The number of hydrogen-bond donors (Lipinski definition) is 0. The van der Waals surface area contributed by atoms with Crippen molar-refractivity contribution in [1.29, 1.82) is 0 Å². The van der Waals surface area contributed by atoms with Crippen LogP contribution in [0.25, 0.3) is 0 Å². The van der Waals surface area contributed by atoms with Crippen LogP contribution >= 0.6 is 0 Å². The Hall–Kier alpha value is -1.74. The quantitative estimate of drug-likeness (QED) is 0.331. The highest BCUT2D eigenvalue weighted by Crippen LogP contribution is 2.53. The maximum Gasteiger partial charge on any atom is 0.333 e. The van der Waals surface area contributed by atoms with Crippen LogP contribution in [0.5, 0.6) is 0 Å². The van der Waals surface area contributed by atoms with E-state index in [1.54, 1.807) is 13.8 Å². The summed E-state index contributed by atoms with van der Waals surface area (Å²) in [6.07, 6.45) is 7.21. The molecule has 8 nitrogen and oxygen atoms in total. The molecule has 2 unspecified atom stereocenters. The second-order valence-corrected chi connectivity index (χ2v) is 12.1. The highest BCUT2D eigenvalue weighted by molar-refractivity contribution is 5.87. The van der Waals surface area contributed by atoms with Crippen molar-refractivity contribution >= 4 is 11.9 Å². The molecule has 37 heavy (non-hydrogen) atoms. The van der Waals surface area contributed by atoms with Crippen LogP contribution in [0.3, 0.4) is 0 Å². The van der Waals surface area contributed by atoms with Crippen molar-refractivity contribution in [3.8, 4) is 0 Å². The van der Waals surface area contributed by atoms with Gasteiger partial charge in [-0.15, -0.1) is 0 Å². The zero-order valence-corrected chi connectivity index (χ0v) is 23.0. The van der Waals surface area contributed by atoms with Gasteiger partial charge in [0.05, 0.1) is 13.2 Å². The van der Waals surface area contributed by atoms with Crippen molar-refractivity contribution < 1.29 is 38.0 Å². The lowest BCUT2D eigenvalue weighted by atomic mass is 9.60. The first kappa shape index (κ1) is 28.3. The Bertz CT molecular complexity index is 806. The van der Waals surface area contributed by atoms with Gasteiger partial charge in [0.2, 0.25) is 0 Å². The van der Waals surface area contributed by atoms with E-state index in [0.717, 1.165) is 51.4 Å². The van der Waals surface area contributed by atoms with Gasteiger partial charge in [0.25, 0.3) is 0 Å². The molecule has 0 amide bonds. The largest absolute Gasteiger partial charge is 0.459 e. The van der Waals surface area contributed by atoms with Crippen molar-refractivity contribution in [2.75, 3.05) is 26.4 Å². The van der Waals surface area contributed by atoms with E-state index >= 15 is 0 Å². The fraction of sp³-hybridized carbons (Fsp3) is 0.793. The second-order valence-electron chi connectivity index (χ2n) is 12.1. The summed E-state index contributed by atoms with van der Waals surface area (Å²) in [5.74, 6) is -0.692. The molecular weight excluding hydrogens is 476 g/mol. The molecule has 2 atom stereocenters. The number of carbonyl (C=O) groups is 2. The van der Waals surface area contributed by atoms with Crippen LogP contribution < -0.4 is 0 Å². The molecule has 0 aromatic carbocycles. The number of rotatable bonds is 8. The smallest absolute Gasteiger partial charge is 0.333 e. The molecule has 4 fully saturated rings. The zero-order valence-electron chi connectivity index (χ0n) is 23.0. The Morgan fingerprint density at radius 2 is 1.11 bits per heavy atom. The average molecular weight is 521 g/mol. The summed E-state index contributed by atoms with van der Waals surface area (Å²) in [6.45, 7) is 16.6. The molecule has 4 aliphatic rings. The molecule has 0 aromatic heterocycles. The minimum Gasteiger partial charge on any atom is -0.459 e. The normalized spacial score (nSPS) is 36.0. The molecule has 0 radical (unpaired) electrons. The van der Waals surface area contributed by atoms with Gasteiger partial charge in [0, 0.05) is 36.8 Å². The Labute approximate surface area is 221 Å². The summed E-state index contributed by atoms with van der Waals surface area (Å²) in [6, 6.07) is 0. The third kappa shape index (κ3) is 6.47. The Morgan fingerprint density at radius 3 is 1.43 bits per heavy atom. The second kappa shape index (κ2) is 11.2. The van der Waals surface area contributed by atoms with E-state index in [0.29, 0.717) is 36.2 Å². The van der Waals surface area contributed by atoms with E-state index in [1.807, 2.05) is 0 Å². The van der Waals surface area contributed by atoms with Crippen LogP contribution in [0.2, 0.25) is 0 Å². The monoisotopic (exact) mass is 520 g/mol. The highest BCUT2D eigenvalue weighted by atomic mass is 16.8. The van der Waals surface area contributed by atoms with Crippen molar-refractivity contribution in [2.24, 2.45) is 17.3 Å². The maximum atomic E-state index is 11.7. The minimum absolute atomic E-state index is 0.188. The summed E-state index contributed by atoms with van der Waals surface area (Å²) in [4.78, 5) is 23.4. The van der Waals surface area contributed by atoms with Gasteiger partial charge in [0.15, 0.2) is 11.6 Å². The Kier molecular flexibility index (Phi) is 8.53. The first-order chi connectivity index (χ1) is 17.4.